The van der Waals surface area contributed by atoms with Gasteiger partial charge < -0.3 is 10.5 Å². The normalized spacial score (nSPS) is 11.6. The molecule has 1 heterocycles. The van der Waals surface area contributed by atoms with Gasteiger partial charge in [-0.25, -0.2) is 13.1 Å². The number of methoxy groups -OCH3 is 1. The lowest BCUT2D eigenvalue weighted by atomic mass is 10.1. The van der Waals surface area contributed by atoms with Crippen molar-refractivity contribution in [2.24, 2.45) is 5.73 Å². The molecule has 1 amide bonds. The van der Waals surface area contributed by atoms with E-state index in [1.165, 1.54) is 16.1 Å². The van der Waals surface area contributed by atoms with Gasteiger partial charge in [-0.05, 0) is 43.7 Å². The van der Waals surface area contributed by atoms with Crippen LogP contribution in [0.2, 0.25) is 0 Å². The summed E-state index contributed by atoms with van der Waals surface area (Å²) in [4.78, 5) is 12.2. The van der Waals surface area contributed by atoms with E-state index >= 15 is 0 Å². The van der Waals surface area contributed by atoms with Gasteiger partial charge in [-0.2, -0.15) is 5.10 Å². The summed E-state index contributed by atoms with van der Waals surface area (Å²) in [6.45, 7) is 3.88. The van der Waals surface area contributed by atoms with E-state index in [9.17, 15) is 13.2 Å². The van der Waals surface area contributed by atoms with Crippen molar-refractivity contribution >= 4 is 32.5 Å². The van der Waals surface area contributed by atoms with Crippen LogP contribution in [-0.4, -0.2) is 44.0 Å². The zero-order valence-electron chi connectivity index (χ0n) is 16.1. The molecule has 0 fully saturated rings. The predicted octanol–water partition coefficient (Wildman–Crippen LogP) is 2.23. The highest BCUT2D eigenvalue weighted by Gasteiger charge is 2.24. The molecule has 28 heavy (non-hydrogen) atoms. The second kappa shape index (κ2) is 7.16. The number of aromatic nitrogens is 2. The molecule has 0 spiro atoms. The Labute approximate surface area is 163 Å². The molecule has 2 aromatic carbocycles. The number of aryl methyl sites for hydroxylation is 1. The average molecular weight is 402 g/mol. The first-order chi connectivity index (χ1) is 13.2. The molecule has 9 heteroatoms. The molecule has 3 aromatic rings. The van der Waals surface area contributed by atoms with Gasteiger partial charge in [0.05, 0.1) is 30.3 Å². The van der Waals surface area contributed by atoms with Crippen LogP contribution in [0.5, 0.6) is 5.75 Å². The van der Waals surface area contributed by atoms with Crippen molar-refractivity contribution in [1.29, 1.82) is 0 Å². The van der Waals surface area contributed by atoms with Gasteiger partial charge in [0.1, 0.15) is 11.4 Å². The zero-order chi connectivity index (χ0) is 20.6. The van der Waals surface area contributed by atoms with E-state index < -0.39 is 15.9 Å². The van der Waals surface area contributed by atoms with E-state index in [1.54, 1.807) is 19.1 Å². The number of amides is 1. The van der Waals surface area contributed by atoms with E-state index in [4.69, 9.17) is 10.5 Å². The van der Waals surface area contributed by atoms with E-state index in [-0.39, 0.29) is 12.2 Å². The van der Waals surface area contributed by atoms with Crippen LogP contribution in [-0.2, 0) is 10.0 Å². The van der Waals surface area contributed by atoms with Crippen LogP contribution < -0.4 is 14.8 Å². The number of sulfonamides is 1. The van der Waals surface area contributed by atoms with Crippen molar-refractivity contribution in [3.63, 3.8) is 0 Å². The summed E-state index contributed by atoms with van der Waals surface area (Å²) < 4.78 is 32.5. The number of anilines is 1. The van der Waals surface area contributed by atoms with Gasteiger partial charge in [-0.1, -0.05) is 12.1 Å². The van der Waals surface area contributed by atoms with Crippen LogP contribution in [0.15, 0.2) is 36.4 Å². The Morgan fingerprint density at radius 3 is 2.54 bits per heavy atom. The zero-order valence-corrected chi connectivity index (χ0v) is 16.9. The molecular weight excluding hydrogens is 380 g/mol. The Balaban J connectivity index is 2.35. The predicted molar refractivity (Wildman–Crippen MR) is 109 cm³/mol. The van der Waals surface area contributed by atoms with Crippen LogP contribution in [0.3, 0.4) is 0 Å². The van der Waals surface area contributed by atoms with Crippen LogP contribution in [0.25, 0.3) is 16.6 Å². The third kappa shape index (κ3) is 3.40. The maximum Gasteiger partial charge on any atom is 0.268 e. The maximum atomic E-state index is 12.2. The molecule has 0 unspecified atom stereocenters. The van der Waals surface area contributed by atoms with Crippen LogP contribution in [0.1, 0.15) is 23.0 Å². The molecular formula is C19H22N4O4S. The molecule has 0 atom stereocenters. The summed E-state index contributed by atoms with van der Waals surface area (Å²) in [5.74, 6) is -0.333. The minimum atomic E-state index is -3.52. The van der Waals surface area contributed by atoms with Crippen molar-refractivity contribution in [2.45, 2.75) is 13.8 Å². The lowest BCUT2D eigenvalue weighted by Crippen LogP contribution is -2.29. The molecule has 0 bridgehead atoms. The summed E-state index contributed by atoms with van der Waals surface area (Å²) >= 11 is 0. The minimum Gasteiger partial charge on any atom is -0.495 e. The number of hydrogen-bond acceptors (Lipinski definition) is 5. The molecule has 148 valence electrons. The fourth-order valence-corrected chi connectivity index (χ4v) is 4.20. The summed E-state index contributed by atoms with van der Waals surface area (Å²) in [5.41, 5.74) is 8.31. The van der Waals surface area contributed by atoms with E-state index in [2.05, 4.69) is 5.10 Å². The lowest BCUT2D eigenvalue weighted by Gasteiger charge is -2.22. The molecule has 1 aromatic heterocycles. The van der Waals surface area contributed by atoms with Gasteiger partial charge in [-0.15, -0.1) is 0 Å². The first kappa shape index (κ1) is 19.7. The Kier molecular flexibility index (Phi) is 5.03. The first-order valence-electron chi connectivity index (χ1n) is 8.62. The smallest absolute Gasteiger partial charge is 0.268 e. The van der Waals surface area contributed by atoms with Crippen LogP contribution in [0.4, 0.5) is 5.69 Å². The van der Waals surface area contributed by atoms with Crippen molar-refractivity contribution in [2.75, 3.05) is 24.2 Å². The molecule has 2 N–H and O–H groups in total. The molecule has 0 aliphatic carbocycles. The number of hydrogen-bond donors (Lipinski definition) is 1. The van der Waals surface area contributed by atoms with E-state index in [0.717, 1.165) is 11.8 Å². The minimum absolute atomic E-state index is 0.202. The Morgan fingerprint density at radius 2 is 2.00 bits per heavy atom. The van der Waals surface area contributed by atoms with Gasteiger partial charge in [-0.3, -0.25) is 9.10 Å². The fraction of sp³-hybridized carbons (Fsp3) is 0.263. The Morgan fingerprint density at radius 1 is 1.29 bits per heavy atom. The average Bonchev–Trinajstić information content (AvgIpc) is 2.99. The van der Waals surface area contributed by atoms with Crippen LogP contribution >= 0.6 is 0 Å². The number of ether oxygens (including phenoxy) is 1. The topological polar surface area (TPSA) is 108 Å². The van der Waals surface area contributed by atoms with Gasteiger partial charge in [0.2, 0.25) is 10.0 Å². The lowest BCUT2D eigenvalue weighted by molar-refractivity contribution is 0.0994. The van der Waals surface area contributed by atoms with Gasteiger partial charge in [0, 0.05) is 11.9 Å². The number of rotatable bonds is 6. The quantitative estimate of drug-likeness (QED) is 0.680. The third-order valence-electron chi connectivity index (χ3n) is 4.41. The number of carbonyl (C=O) groups excluding carboxylic acids is 1. The molecule has 8 nitrogen and oxygen atoms in total. The number of nitrogens with two attached hydrogens (primary N) is 1. The summed E-state index contributed by atoms with van der Waals surface area (Å²) in [7, 11) is -2.08. The third-order valence-corrected chi connectivity index (χ3v) is 5.66. The highest BCUT2D eigenvalue weighted by molar-refractivity contribution is 7.92. The number of benzene rings is 2. The summed E-state index contributed by atoms with van der Waals surface area (Å²) in [5, 5.41) is 5.00. The van der Waals surface area contributed by atoms with Gasteiger partial charge in [0.25, 0.3) is 5.91 Å². The highest BCUT2D eigenvalue weighted by atomic mass is 32.2. The monoisotopic (exact) mass is 402 g/mol. The van der Waals surface area contributed by atoms with E-state index in [0.29, 0.717) is 28.0 Å². The fourth-order valence-electron chi connectivity index (χ4n) is 3.23. The summed E-state index contributed by atoms with van der Waals surface area (Å²) in [6.07, 6.45) is 1.13. The number of primary amides is 1. The Hall–Kier alpha value is -3.07. The first-order valence-corrected chi connectivity index (χ1v) is 10.5. The SMILES string of the molecule is CCN(c1cc2nn(-c3cccc(C)c3)c(C(N)=O)c2cc1OC)S(C)(=O)=O. The maximum absolute atomic E-state index is 12.2. The molecule has 0 aliphatic rings. The van der Waals surface area contributed by atoms with Crippen molar-refractivity contribution in [3.8, 4) is 11.4 Å². The molecule has 0 radical (unpaired) electrons. The number of carbonyl (C=O) groups is 1. The number of nitrogens with zero attached hydrogens (tertiary/aromatic N) is 3. The van der Waals surface area contributed by atoms with Crippen LogP contribution in [0, 0.1) is 6.92 Å². The molecule has 0 saturated carbocycles. The van der Waals surface area contributed by atoms with Crippen molar-refractivity contribution < 1.29 is 17.9 Å². The van der Waals surface area contributed by atoms with Gasteiger partial charge in [0.15, 0.2) is 0 Å². The van der Waals surface area contributed by atoms with Gasteiger partial charge >= 0.3 is 0 Å². The standard InChI is InChI=1S/C19H22N4O4S/c1-5-22(28(4,25)26)16-11-15-14(10-17(16)27-3)18(19(20)24)23(21-15)13-8-6-7-12(2)9-13/h6-11H,5H2,1-4H3,(H2,20,24). The highest BCUT2D eigenvalue weighted by Crippen LogP contribution is 2.36. The van der Waals surface area contributed by atoms with Crippen molar-refractivity contribution in [1.82, 2.24) is 9.78 Å². The summed E-state index contributed by atoms with van der Waals surface area (Å²) in [6, 6.07) is 10.7. The largest absolute Gasteiger partial charge is 0.495 e. The molecule has 0 saturated heterocycles. The molecule has 0 aliphatic heterocycles. The number of fused-ring (bicyclic) bond motifs is 1. The second-order valence-corrected chi connectivity index (χ2v) is 8.34. The Bertz CT molecular complexity index is 1170. The van der Waals surface area contributed by atoms with E-state index in [1.807, 2.05) is 31.2 Å². The second-order valence-electron chi connectivity index (χ2n) is 6.43. The molecule has 3 rings (SSSR count). The van der Waals surface area contributed by atoms with Crippen molar-refractivity contribution in [3.05, 3.63) is 47.7 Å².